The maximum atomic E-state index is 12.9. The molecule has 0 spiro atoms. The molecule has 3 aliphatic rings. The molecule has 1 aromatic carbocycles. The Balaban J connectivity index is 1.57. The number of nitrogens with zero attached hydrogens (tertiary/aromatic N) is 4. The zero-order chi connectivity index (χ0) is 28.1. The molecule has 2 atom stereocenters. The lowest BCUT2D eigenvalue weighted by Gasteiger charge is -2.37. The first-order valence-electron chi connectivity index (χ1n) is 14.3. The van der Waals surface area contributed by atoms with E-state index in [-0.39, 0.29) is 11.9 Å². The van der Waals surface area contributed by atoms with Crippen molar-refractivity contribution in [1.29, 1.82) is 0 Å². The van der Waals surface area contributed by atoms with Gasteiger partial charge in [0.25, 0.3) is 5.91 Å². The predicted molar refractivity (Wildman–Crippen MR) is 160 cm³/mol. The van der Waals surface area contributed by atoms with Gasteiger partial charge in [0.15, 0.2) is 5.84 Å². The first kappa shape index (κ1) is 28.7. The van der Waals surface area contributed by atoms with Gasteiger partial charge in [-0.1, -0.05) is 45.4 Å². The number of nitrogens with one attached hydrogen (secondary N) is 2. The number of methoxy groups -OCH3 is 1. The van der Waals surface area contributed by atoms with Gasteiger partial charge in [-0.3, -0.25) is 4.79 Å². The number of likely N-dealkylation sites (tertiary alicyclic amines) is 1. The number of carbonyl (C=O) groups is 1. The maximum Gasteiger partial charge on any atom is 0.251 e. The van der Waals surface area contributed by atoms with Crippen LogP contribution in [0.5, 0.6) is 5.75 Å². The number of carbonyl (C=O) groups excluding carboxylic acids is 1. The van der Waals surface area contributed by atoms with Crippen molar-refractivity contribution in [2.45, 2.75) is 64.5 Å². The number of hydrogen-bond donors (Lipinski definition) is 2. The maximum absolute atomic E-state index is 12.9. The molecule has 1 aliphatic carbocycles. The molecule has 3 fully saturated rings. The van der Waals surface area contributed by atoms with Crippen LogP contribution >= 0.6 is 0 Å². The third-order valence-electron chi connectivity index (χ3n) is 8.33. The fourth-order valence-electron chi connectivity index (χ4n) is 6.00. The molecule has 1 saturated carbocycles. The average Bonchev–Trinajstić information content (AvgIpc) is 3.32. The average molecular weight is 535 g/mol. The molecule has 0 radical (unpaired) electrons. The van der Waals surface area contributed by atoms with Gasteiger partial charge in [-0.2, -0.15) is 0 Å². The summed E-state index contributed by atoms with van der Waals surface area (Å²) in [4.78, 5) is 24.8. The smallest absolute Gasteiger partial charge is 0.251 e. The second kappa shape index (κ2) is 12.7. The fraction of sp³-hybridized carbons (Fsp3) is 0.548. The van der Waals surface area contributed by atoms with Crippen molar-refractivity contribution in [3.63, 3.8) is 0 Å². The second-order valence-corrected chi connectivity index (χ2v) is 11.2. The van der Waals surface area contributed by atoms with Crippen LogP contribution in [0.15, 0.2) is 59.6 Å². The quantitative estimate of drug-likeness (QED) is 0.511. The zero-order valence-corrected chi connectivity index (χ0v) is 24.4. The molecule has 2 saturated heterocycles. The van der Waals surface area contributed by atoms with Crippen molar-refractivity contribution < 1.29 is 9.53 Å². The van der Waals surface area contributed by atoms with E-state index in [9.17, 15) is 4.79 Å². The van der Waals surface area contributed by atoms with Crippen LogP contribution in [0.4, 0.5) is 5.69 Å². The monoisotopic (exact) mass is 534 g/mol. The number of allylic oxidation sites excluding steroid dienone is 1. The summed E-state index contributed by atoms with van der Waals surface area (Å²) in [6, 6.07) is 6.07. The number of amides is 1. The number of amidine groups is 1. The van der Waals surface area contributed by atoms with Gasteiger partial charge < -0.3 is 30.1 Å². The Labute approximate surface area is 234 Å². The van der Waals surface area contributed by atoms with E-state index in [4.69, 9.17) is 9.73 Å². The molecule has 2 N–H and O–H groups in total. The van der Waals surface area contributed by atoms with Gasteiger partial charge in [-0.25, -0.2) is 4.99 Å². The molecule has 2 heterocycles. The van der Waals surface area contributed by atoms with Crippen LogP contribution in [0, 0.1) is 5.92 Å². The van der Waals surface area contributed by atoms with Crippen LogP contribution in [-0.2, 0) is 0 Å². The Bertz CT molecular complexity index is 1140. The van der Waals surface area contributed by atoms with E-state index >= 15 is 0 Å². The molecule has 0 aromatic heterocycles. The molecule has 8 heteroatoms. The van der Waals surface area contributed by atoms with Crippen molar-refractivity contribution in [2.24, 2.45) is 10.9 Å². The Kier molecular flexibility index (Phi) is 9.38. The highest BCUT2D eigenvalue weighted by molar-refractivity contribution is 5.99. The minimum atomic E-state index is -0.0871. The summed E-state index contributed by atoms with van der Waals surface area (Å²) in [5.41, 5.74) is 3.42. The van der Waals surface area contributed by atoms with Crippen molar-refractivity contribution in [2.75, 3.05) is 46.2 Å². The van der Waals surface area contributed by atoms with E-state index < -0.39 is 0 Å². The predicted octanol–water partition coefficient (Wildman–Crippen LogP) is 5.04. The van der Waals surface area contributed by atoms with E-state index in [2.05, 4.69) is 72.5 Å². The summed E-state index contributed by atoms with van der Waals surface area (Å²) in [5.74, 6) is 2.23. The van der Waals surface area contributed by atoms with E-state index in [0.29, 0.717) is 29.1 Å². The topological polar surface area (TPSA) is 72.4 Å². The van der Waals surface area contributed by atoms with Crippen LogP contribution in [0.3, 0.4) is 0 Å². The largest absolute Gasteiger partial charge is 0.495 e. The summed E-state index contributed by atoms with van der Waals surface area (Å²) in [5, 5.41) is 6.48. The van der Waals surface area contributed by atoms with Crippen molar-refractivity contribution in [3.8, 4) is 5.75 Å². The molecular weight excluding hydrogens is 488 g/mol. The van der Waals surface area contributed by atoms with Crippen LogP contribution in [0.1, 0.15) is 62.7 Å². The molecule has 39 heavy (non-hydrogen) atoms. The number of benzene rings is 1. The first-order valence-corrected chi connectivity index (χ1v) is 14.3. The van der Waals surface area contributed by atoms with Gasteiger partial charge in [-0.15, -0.1) is 0 Å². The molecular formula is C31H46N6O2. The van der Waals surface area contributed by atoms with Gasteiger partial charge in [0.05, 0.1) is 18.5 Å². The van der Waals surface area contributed by atoms with Gasteiger partial charge >= 0.3 is 0 Å². The van der Waals surface area contributed by atoms with Crippen LogP contribution < -0.4 is 15.4 Å². The van der Waals surface area contributed by atoms with E-state index in [1.807, 2.05) is 12.1 Å². The summed E-state index contributed by atoms with van der Waals surface area (Å²) in [6.45, 7) is 15.7. The standard InChI is InChI=1S/C31H46N6O2/c1-8-28-30(37(26-12-10-9-11-13-26)19-21(2)22(3)36(28)6)33-23(4)32-27-15-14-24(18-29(27)39-7)31(38)34-25-16-17-35(5)20-25/h8,14-15,18,21,25-26,32H,3-4,9-13,16-17,19-20H2,1-2,5-7H3,(H,34,38)/b28-8+,33-30+. The summed E-state index contributed by atoms with van der Waals surface area (Å²) < 4.78 is 5.66. The van der Waals surface area contributed by atoms with Crippen molar-refractivity contribution in [3.05, 3.63) is 60.2 Å². The molecule has 2 unspecified atom stereocenters. The second-order valence-electron chi connectivity index (χ2n) is 11.2. The number of aliphatic imine (C=N–C) groups is 1. The minimum absolute atomic E-state index is 0.0871. The van der Waals surface area contributed by atoms with Crippen LogP contribution in [-0.4, -0.2) is 79.4 Å². The summed E-state index contributed by atoms with van der Waals surface area (Å²) >= 11 is 0. The number of rotatable bonds is 7. The molecule has 1 aromatic rings. The Morgan fingerprint density at radius 1 is 1.15 bits per heavy atom. The molecule has 2 aliphatic heterocycles. The van der Waals surface area contributed by atoms with Gasteiger partial charge in [0.1, 0.15) is 11.6 Å². The summed E-state index contributed by atoms with van der Waals surface area (Å²) in [7, 11) is 5.75. The zero-order valence-electron chi connectivity index (χ0n) is 24.4. The van der Waals surface area contributed by atoms with E-state index in [0.717, 1.165) is 49.0 Å². The highest BCUT2D eigenvalue weighted by Crippen LogP contribution is 2.33. The molecule has 0 bridgehead atoms. The van der Waals surface area contributed by atoms with Gasteiger partial charge in [0, 0.05) is 49.4 Å². The van der Waals surface area contributed by atoms with E-state index in [1.54, 1.807) is 13.2 Å². The Morgan fingerprint density at radius 3 is 2.54 bits per heavy atom. The van der Waals surface area contributed by atoms with E-state index in [1.165, 1.54) is 32.1 Å². The highest BCUT2D eigenvalue weighted by Gasteiger charge is 2.33. The summed E-state index contributed by atoms with van der Waals surface area (Å²) in [6.07, 6.45) is 9.22. The molecule has 4 rings (SSSR count). The lowest BCUT2D eigenvalue weighted by molar-refractivity contribution is 0.0938. The number of hydrogen-bond acceptors (Lipinski definition) is 6. The highest BCUT2D eigenvalue weighted by atomic mass is 16.5. The lowest BCUT2D eigenvalue weighted by atomic mass is 9.93. The van der Waals surface area contributed by atoms with Crippen LogP contribution in [0.2, 0.25) is 0 Å². The van der Waals surface area contributed by atoms with Gasteiger partial charge in [-0.05, 0) is 58.0 Å². The number of likely N-dealkylation sites (N-methyl/N-ethyl adjacent to an activating group) is 2. The Morgan fingerprint density at radius 2 is 1.90 bits per heavy atom. The third kappa shape index (κ3) is 6.67. The minimum Gasteiger partial charge on any atom is -0.495 e. The lowest BCUT2D eigenvalue weighted by Crippen LogP contribution is -2.44. The molecule has 8 nitrogen and oxygen atoms in total. The molecule has 212 valence electrons. The normalized spacial score (nSPS) is 25.2. The third-order valence-corrected chi connectivity index (χ3v) is 8.33. The first-order chi connectivity index (χ1) is 18.7. The van der Waals surface area contributed by atoms with Crippen LogP contribution in [0.25, 0.3) is 0 Å². The number of anilines is 1. The SMILES string of the molecule is C=C(/N=C1\C(=C/C)N(C)C(=C)C(C)CN1C1CCCCC1)Nc1ccc(C(=O)NC2CCN(C)C2)cc1OC. The Hall–Kier alpha value is -3.26. The molecule has 1 amide bonds. The van der Waals surface area contributed by atoms with Gasteiger partial charge in [0.2, 0.25) is 0 Å². The number of ether oxygens (including phenoxy) is 1. The van der Waals surface area contributed by atoms with Crippen molar-refractivity contribution in [1.82, 2.24) is 20.0 Å². The fourth-order valence-corrected chi connectivity index (χ4v) is 6.00. The van der Waals surface area contributed by atoms with Crippen molar-refractivity contribution >= 4 is 17.4 Å².